The highest BCUT2D eigenvalue weighted by atomic mass is 16.1. The van der Waals surface area contributed by atoms with E-state index in [1.165, 1.54) is 36.2 Å². The quantitative estimate of drug-likeness (QED) is 0.721. The van der Waals surface area contributed by atoms with Crippen molar-refractivity contribution in [2.45, 2.75) is 38.1 Å². The molecule has 1 aliphatic heterocycles. The number of H-pyrrole nitrogens is 1. The summed E-state index contributed by atoms with van der Waals surface area (Å²) >= 11 is 0. The molecule has 1 aromatic rings. The van der Waals surface area contributed by atoms with Crippen LogP contribution >= 0.6 is 0 Å². The summed E-state index contributed by atoms with van der Waals surface area (Å²) in [7, 11) is 0. The minimum absolute atomic E-state index is 0.621. The lowest BCUT2D eigenvalue weighted by molar-refractivity contribution is 0.112. The van der Waals surface area contributed by atoms with Gasteiger partial charge in [-0.25, -0.2) is 0 Å². The Labute approximate surface area is 89.3 Å². The molecule has 80 valence electrons. The van der Waals surface area contributed by atoms with Gasteiger partial charge in [0.15, 0.2) is 6.29 Å². The standard InChI is InChI=1S/C12H16N2O/c15-7-10-9-6-13-5-4-11(9)14-12(10)8-2-1-3-8/h7-8,13-14H,1-6H2. The van der Waals surface area contributed by atoms with Crippen molar-refractivity contribution in [2.75, 3.05) is 6.54 Å². The number of hydrogen-bond donors (Lipinski definition) is 2. The maximum atomic E-state index is 11.2. The highest BCUT2D eigenvalue weighted by Crippen LogP contribution is 2.39. The minimum Gasteiger partial charge on any atom is -0.361 e. The lowest BCUT2D eigenvalue weighted by Crippen LogP contribution is -2.23. The van der Waals surface area contributed by atoms with E-state index < -0.39 is 0 Å². The molecular weight excluding hydrogens is 188 g/mol. The first-order valence-electron chi connectivity index (χ1n) is 5.79. The van der Waals surface area contributed by atoms with Crippen LogP contribution in [0.15, 0.2) is 0 Å². The Morgan fingerprint density at radius 1 is 1.33 bits per heavy atom. The van der Waals surface area contributed by atoms with Gasteiger partial charge in [0.2, 0.25) is 0 Å². The minimum atomic E-state index is 0.621. The smallest absolute Gasteiger partial charge is 0.152 e. The average Bonchev–Trinajstić information content (AvgIpc) is 2.53. The van der Waals surface area contributed by atoms with E-state index in [4.69, 9.17) is 0 Å². The Morgan fingerprint density at radius 3 is 2.87 bits per heavy atom. The van der Waals surface area contributed by atoms with E-state index in [1.54, 1.807) is 0 Å². The molecule has 3 heteroatoms. The molecule has 0 spiro atoms. The molecule has 0 saturated heterocycles. The highest BCUT2D eigenvalue weighted by molar-refractivity contribution is 5.80. The molecule has 1 aliphatic carbocycles. The van der Waals surface area contributed by atoms with Crippen molar-refractivity contribution in [3.05, 3.63) is 22.5 Å². The van der Waals surface area contributed by atoms with E-state index in [0.717, 1.165) is 31.4 Å². The molecule has 15 heavy (non-hydrogen) atoms. The maximum Gasteiger partial charge on any atom is 0.152 e. The number of aromatic nitrogens is 1. The lowest BCUT2D eigenvalue weighted by Gasteiger charge is -2.25. The van der Waals surface area contributed by atoms with Crippen LogP contribution in [0.4, 0.5) is 0 Å². The van der Waals surface area contributed by atoms with Crippen molar-refractivity contribution in [2.24, 2.45) is 0 Å². The fourth-order valence-corrected chi connectivity index (χ4v) is 2.63. The molecule has 0 unspecified atom stereocenters. The lowest BCUT2D eigenvalue weighted by atomic mass is 9.81. The Kier molecular flexibility index (Phi) is 2.13. The maximum absolute atomic E-state index is 11.2. The fourth-order valence-electron chi connectivity index (χ4n) is 2.63. The number of rotatable bonds is 2. The Hall–Kier alpha value is -1.09. The Bertz CT molecular complexity index is 391. The summed E-state index contributed by atoms with van der Waals surface area (Å²) in [6.07, 6.45) is 5.87. The predicted octanol–water partition coefficient (Wildman–Crippen LogP) is 1.74. The molecule has 1 saturated carbocycles. The first kappa shape index (κ1) is 9.16. The van der Waals surface area contributed by atoms with E-state index in [0.29, 0.717) is 5.92 Å². The van der Waals surface area contributed by atoms with E-state index in [1.807, 2.05) is 0 Å². The Balaban J connectivity index is 2.05. The molecule has 3 nitrogen and oxygen atoms in total. The van der Waals surface area contributed by atoms with Crippen LogP contribution in [0.5, 0.6) is 0 Å². The van der Waals surface area contributed by atoms with Crippen LogP contribution in [0.2, 0.25) is 0 Å². The average molecular weight is 204 g/mol. The van der Waals surface area contributed by atoms with Gasteiger partial charge in [-0.15, -0.1) is 0 Å². The number of hydrogen-bond acceptors (Lipinski definition) is 2. The monoisotopic (exact) mass is 204 g/mol. The molecule has 2 N–H and O–H groups in total. The number of fused-ring (bicyclic) bond motifs is 1. The fraction of sp³-hybridized carbons (Fsp3) is 0.583. The summed E-state index contributed by atoms with van der Waals surface area (Å²) in [5.74, 6) is 0.621. The van der Waals surface area contributed by atoms with Crippen molar-refractivity contribution in [3.63, 3.8) is 0 Å². The topological polar surface area (TPSA) is 44.9 Å². The first-order chi connectivity index (χ1) is 7.40. The van der Waals surface area contributed by atoms with Gasteiger partial charge in [0.1, 0.15) is 0 Å². The zero-order chi connectivity index (χ0) is 10.3. The molecule has 0 bridgehead atoms. The van der Waals surface area contributed by atoms with Crippen molar-refractivity contribution < 1.29 is 4.79 Å². The van der Waals surface area contributed by atoms with E-state index in [-0.39, 0.29) is 0 Å². The van der Waals surface area contributed by atoms with Crippen LogP contribution in [-0.2, 0) is 13.0 Å². The zero-order valence-electron chi connectivity index (χ0n) is 8.81. The van der Waals surface area contributed by atoms with Crippen molar-refractivity contribution in [1.29, 1.82) is 0 Å². The second-order valence-electron chi connectivity index (χ2n) is 4.58. The summed E-state index contributed by atoms with van der Waals surface area (Å²) in [5, 5.41) is 3.33. The summed E-state index contributed by atoms with van der Waals surface area (Å²) in [6, 6.07) is 0. The zero-order valence-corrected chi connectivity index (χ0v) is 8.81. The number of carbonyl (C=O) groups excluding carboxylic acids is 1. The van der Waals surface area contributed by atoms with Crippen LogP contribution in [0.25, 0.3) is 0 Å². The third-order valence-corrected chi connectivity index (χ3v) is 3.75. The largest absolute Gasteiger partial charge is 0.361 e. The van der Waals surface area contributed by atoms with Gasteiger partial charge in [0, 0.05) is 36.5 Å². The van der Waals surface area contributed by atoms with Crippen molar-refractivity contribution in [1.82, 2.24) is 10.3 Å². The predicted molar refractivity (Wildman–Crippen MR) is 58.2 cm³/mol. The van der Waals surface area contributed by atoms with Gasteiger partial charge in [-0.05, 0) is 24.3 Å². The summed E-state index contributed by atoms with van der Waals surface area (Å²) < 4.78 is 0. The van der Waals surface area contributed by atoms with Gasteiger partial charge >= 0.3 is 0 Å². The van der Waals surface area contributed by atoms with Gasteiger partial charge in [-0.2, -0.15) is 0 Å². The second-order valence-corrected chi connectivity index (χ2v) is 4.58. The van der Waals surface area contributed by atoms with Crippen molar-refractivity contribution >= 4 is 6.29 Å². The number of carbonyl (C=O) groups is 1. The molecule has 2 aliphatic rings. The van der Waals surface area contributed by atoms with Crippen LogP contribution in [0.1, 0.15) is 52.5 Å². The van der Waals surface area contributed by atoms with Gasteiger partial charge in [0.05, 0.1) is 0 Å². The molecule has 0 radical (unpaired) electrons. The molecular formula is C12H16N2O. The number of aromatic amines is 1. The number of nitrogens with one attached hydrogen (secondary N) is 2. The van der Waals surface area contributed by atoms with Crippen LogP contribution in [0, 0.1) is 0 Å². The molecule has 1 fully saturated rings. The first-order valence-corrected chi connectivity index (χ1v) is 5.79. The highest BCUT2D eigenvalue weighted by Gasteiger charge is 2.27. The molecule has 2 heterocycles. The molecule has 0 amide bonds. The van der Waals surface area contributed by atoms with Gasteiger partial charge in [-0.3, -0.25) is 4.79 Å². The molecule has 3 rings (SSSR count). The van der Waals surface area contributed by atoms with E-state index in [2.05, 4.69) is 10.3 Å². The van der Waals surface area contributed by atoms with E-state index >= 15 is 0 Å². The molecule has 0 atom stereocenters. The van der Waals surface area contributed by atoms with E-state index in [9.17, 15) is 4.79 Å². The summed E-state index contributed by atoms with van der Waals surface area (Å²) in [5.41, 5.74) is 4.67. The van der Waals surface area contributed by atoms with Crippen molar-refractivity contribution in [3.8, 4) is 0 Å². The number of aldehydes is 1. The van der Waals surface area contributed by atoms with Gasteiger partial charge < -0.3 is 10.3 Å². The van der Waals surface area contributed by atoms with Crippen LogP contribution in [-0.4, -0.2) is 17.8 Å². The Morgan fingerprint density at radius 2 is 2.20 bits per heavy atom. The molecule has 0 aromatic carbocycles. The molecule has 1 aromatic heterocycles. The van der Waals surface area contributed by atoms with Crippen LogP contribution < -0.4 is 5.32 Å². The second kappa shape index (κ2) is 3.49. The summed E-state index contributed by atoms with van der Waals surface area (Å²) in [6.45, 7) is 1.88. The normalized spacial score (nSPS) is 20.8. The van der Waals surface area contributed by atoms with Crippen LogP contribution in [0.3, 0.4) is 0 Å². The van der Waals surface area contributed by atoms with Gasteiger partial charge in [0.25, 0.3) is 0 Å². The van der Waals surface area contributed by atoms with Gasteiger partial charge in [-0.1, -0.05) is 6.42 Å². The third kappa shape index (κ3) is 1.34. The SMILES string of the molecule is O=Cc1c(C2CCC2)[nH]c2c1CNCC2. The summed E-state index contributed by atoms with van der Waals surface area (Å²) in [4.78, 5) is 14.6. The third-order valence-electron chi connectivity index (χ3n) is 3.75.